The van der Waals surface area contributed by atoms with Gasteiger partial charge in [0.1, 0.15) is 5.70 Å². The molecule has 0 fully saturated rings. The summed E-state index contributed by atoms with van der Waals surface area (Å²) in [5, 5.41) is 3.11. The Morgan fingerprint density at radius 3 is 2.53 bits per heavy atom. The fourth-order valence-corrected chi connectivity index (χ4v) is 3.90. The molecule has 2 aromatic heterocycles. The van der Waals surface area contributed by atoms with Gasteiger partial charge in [0.2, 0.25) is 0 Å². The number of nitrogens with one attached hydrogen (secondary N) is 1. The maximum Gasteiger partial charge on any atom is 0.417 e. The molecular weight excluding hydrogens is 461 g/mol. The maximum atomic E-state index is 12.8. The van der Waals surface area contributed by atoms with Crippen LogP contribution in [0, 0.1) is 0 Å². The van der Waals surface area contributed by atoms with Gasteiger partial charge in [0.05, 0.1) is 22.0 Å². The zero-order valence-corrected chi connectivity index (χ0v) is 17.8. The molecule has 4 rings (SSSR count). The van der Waals surface area contributed by atoms with Gasteiger partial charge in [-0.15, -0.1) is 0 Å². The minimum atomic E-state index is -4.51. The summed E-state index contributed by atoms with van der Waals surface area (Å²) >= 11 is 7.38. The number of amidine groups is 1. The third-order valence-electron chi connectivity index (χ3n) is 4.41. The van der Waals surface area contributed by atoms with E-state index in [4.69, 9.17) is 11.6 Å². The van der Waals surface area contributed by atoms with E-state index in [9.17, 15) is 18.0 Å². The second-order valence-electron chi connectivity index (χ2n) is 6.68. The van der Waals surface area contributed by atoms with Gasteiger partial charge in [-0.1, -0.05) is 53.7 Å². The Morgan fingerprint density at radius 2 is 1.88 bits per heavy atom. The highest BCUT2D eigenvalue weighted by Crippen LogP contribution is 2.34. The van der Waals surface area contributed by atoms with E-state index in [0.717, 1.165) is 18.0 Å². The van der Waals surface area contributed by atoms with Gasteiger partial charge < -0.3 is 0 Å². The second kappa shape index (κ2) is 9.13. The predicted molar refractivity (Wildman–Crippen MR) is 119 cm³/mol. The van der Waals surface area contributed by atoms with Crippen molar-refractivity contribution in [1.82, 2.24) is 15.3 Å². The minimum absolute atomic E-state index is 0.0970. The average molecular weight is 475 g/mol. The molecule has 0 saturated carbocycles. The summed E-state index contributed by atoms with van der Waals surface area (Å²) in [4.78, 5) is 24.6. The number of hydrogen-bond acceptors (Lipinski definition) is 5. The number of hydrogen-bond donors (Lipinski definition) is 1. The molecule has 1 aromatic carbocycles. The maximum absolute atomic E-state index is 12.8. The minimum Gasteiger partial charge on any atom is -0.300 e. The number of alkyl halides is 3. The fraction of sp³-hybridized carbons (Fsp3) is 0.0909. The van der Waals surface area contributed by atoms with Crippen molar-refractivity contribution in [2.45, 2.75) is 11.9 Å². The normalized spacial score (nSPS) is 15.1. The largest absolute Gasteiger partial charge is 0.417 e. The van der Waals surface area contributed by atoms with Crippen LogP contribution in [0.4, 0.5) is 13.2 Å². The molecule has 1 aliphatic heterocycles. The zero-order valence-electron chi connectivity index (χ0n) is 16.2. The van der Waals surface area contributed by atoms with E-state index >= 15 is 0 Å². The van der Waals surface area contributed by atoms with Gasteiger partial charge in [0, 0.05) is 23.7 Å². The number of aromatic nitrogens is 2. The Labute approximate surface area is 190 Å². The predicted octanol–water partition coefficient (Wildman–Crippen LogP) is 5.58. The van der Waals surface area contributed by atoms with Crippen LogP contribution in [0.15, 0.2) is 71.6 Å². The van der Waals surface area contributed by atoms with E-state index in [1.54, 1.807) is 36.5 Å². The number of amides is 1. The molecule has 0 atom stereocenters. The summed E-state index contributed by atoms with van der Waals surface area (Å²) in [7, 11) is 0. The van der Waals surface area contributed by atoms with Crippen molar-refractivity contribution in [3.8, 4) is 11.3 Å². The lowest BCUT2D eigenvalue weighted by Crippen LogP contribution is -2.21. The van der Waals surface area contributed by atoms with Crippen molar-refractivity contribution >= 4 is 40.5 Å². The van der Waals surface area contributed by atoms with E-state index in [1.807, 2.05) is 18.2 Å². The van der Waals surface area contributed by atoms with E-state index in [2.05, 4.69) is 20.3 Å². The fourth-order valence-electron chi connectivity index (χ4n) is 2.84. The first-order valence-electron chi connectivity index (χ1n) is 9.27. The highest BCUT2D eigenvalue weighted by atomic mass is 35.5. The first-order chi connectivity index (χ1) is 15.3. The summed E-state index contributed by atoms with van der Waals surface area (Å²) in [6, 6.07) is 13.2. The lowest BCUT2D eigenvalue weighted by Gasteiger charge is -2.09. The number of pyridine rings is 2. The van der Waals surface area contributed by atoms with Crippen molar-refractivity contribution in [3.63, 3.8) is 0 Å². The Kier molecular flexibility index (Phi) is 6.29. The van der Waals surface area contributed by atoms with Crippen LogP contribution >= 0.6 is 23.4 Å². The first kappa shape index (κ1) is 22.0. The molecule has 1 amide bonds. The van der Waals surface area contributed by atoms with Crippen LogP contribution in [0.25, 0.3) is 17.3 Å². The molecule has 5 nitrogen and oxygen atoms in total. The van der Waals surface area contributed by atoms with E-state index in [0.29, 0.717) is 22.0 Å². The van der Waals surface area contributed by atoms with Gasteiger partial charge >= 0.3 is 6.18 Å². The van der Waals surface area contributed by atoms with Crippen molar-refractivity contribution in [2.24, 2.45) is 4.99 Å². The van der Waals surface area contributed by atoms with Gasteiger partial charge in [-0.25, -0.2) is 4.99 Å². The lowest BCUT2D eigenvalue weighted by molar-refractivity contribution is -0.137. The molecule has 10 heteroatoms. The molecule has 0 aliphatic carbocycles. The Balaban J connectivity index is 1.48. The van der Waals surface area contributed by atoms with Crippen molar-refractivity contribution in [3.05, 3.63) is 88.5 Å². The van der Waals surface area contributed by atoms with Gasteiger partial charge in [-0.2, -0.15) is 13.2 Å². The van der Waals surface area contributed by atoms with Crippen molar-refractivity contribution < 1.29 is 18.0 Å². The molecular formula is C22H14ClF3N4OS. The number of thioether (sulfide) groups is 1. The smallest absolute Gasteiger partial charge is 0.300 e. The van der Waals surface area contributed by atoms with E-state index < -0.39 is 11.7 Å². The lowest BCUT2D eigenvalue weighted by atomic mass is 10.1. The van der Waals surface area contributed by atoms with Crippen LogP contribution < -0.4 is 5.32 Å². The van der Waals surface area contributed by atoms with E-state index in [1.165, 1.54) is 11.8 Å². The summed E-state index contributed by atoms with van der Waals surface area (Å²) < 4.78 is 38.4. The molecule has 0 radical (unpaired) electrons. The van der Waals surface area contributed by atoms with Crippen LogP contribution in [0.2, 0.25) is 5.02 Å². The molecule has 1 N–H and O–H groups in total. The molecule has 0 saturated heterocycles. The van der Waals surface area contributed by atoms with Crippen LogP contribution in [-0.4, -0.2) is 21.0 Å². The zero-order chi connectivity index (χ0) is 22.7. The van der Waals surface area contributed by atoms with Crippen LogP contribution in [0.5, 0.6) is 0 Å². The average Bonchev–Trinajstić information content (AvgIpc) is 3.12. The molecule has 3 aromatic rings. The third-order valence-corrected chi connectivity index (χ3v) is 5.61. The topological polar surface area (TPSA) is 67.2 Å². The first-order valence-corrected chi connectivity index (χ1v) is 10.6. The summed E-state index contributed by atoms with van der Waals surface area (Å²) in [6.07, 6.45) is -0.441. The quantitative estimate of drug-likeness (QED) is 0.501. The summed E-state index contributed by atoms with van der Waals surface area (Å²) in [5.41, 5.74) is 1.71. The molecule has 1 aliphatic rings. The van der Waals surface area contributed by atoms with Crippen molar-refractivity contribution in [2.75, 3.05) is 0 Å². The third kappa shape index (κ3) is 5.17. The SMILES string of the molecule is O=C1NC(SCc2ccccn2)=NC1=Cc1ccc(-c2ncc(C(F)(F)F)cc2Cl)cc1. The summed E-state index contributed by atoms with van der Waals surface area (Å²) in [6.45, 7) is 0. The number of carbonyl (C=O) groups is 1. The van der Waals surface area contributed by atoms with Gasteiger partial charge in [0.15, 0.2) is 5.17 Å². The van der Waals surface area contributed by atoms with Gasteiger partial charge in [-0.05, 0) is 29.8 Å². The highest BCUT2D eigenvalue weighted by molar-refractivity contribution is 8.13. The molecule has 162 valence electrons. The number of rotatable bonds is 4. The standard InChI is InChI=1S/C22H14ClF3N4OS/c23-17-10-15(22(24,25)26)11-28-19(17)14-6-4-13(5-7-14)9-18-20(31)30-21(29-18)32-12-16-3-1-2-8-27-16/h1-11H,12H2,(H,29,30,31). The second-order valence-corrected chi connectivity index (χ2v) is 8.06. The monoisotopic (exact) mass is 474 g/mol. The van der Waals surface area contributed by atoms with Gasteiger partial charge in [0.25, 0.3) is 5.91 Å². The number of aliphatic imine (C=N–C) groups is 1. The molecule has 0 bridgehead atoms. The number of nitrogens with zero attached hydrogens (tertiary/aromatic N) is 3. The van der Waals surface area contributed by atoms with Crippen LogP contribution in [0.3, 0.4) is 0 Å². The highest BCUT2D eigenvalue weighted by Gasteiger charge is 2.31. The summed E-state index contributed by atoms with van der Waals surface area (Å²) in [5.74, 6) is 0.257. The molecule has 3 heterocycles. The van der Waals surface area contributed by atoms with Gasteiger partial charge in [-0.3, -0.25) is 20.1 Å². The molecule has 32 heavy (non-hydrogen) atoms. The number of benzene rings is 1. The Bertz CT molecular complexity index is 1210. The van der Waals surface area contributed by atoms with Crippen LogP contribution in [-0.2, 0) is 16.7 Å². The Morgan fingerprint density at radius 1 is 1.09 bits per heavy atom. The van der Waals surface area contributed by atoms with E-state index in [-0.39, 0.29) is 22.3 Å². The van der Waals surface area contributed by atoms with Crippen LogP contribution in [0.1, 0.15) is 16.8 Å². The number of carbonyl (C=O) groups excluding carboxylic acids is 1. The molecule has 0 spiro atoms. The number of halogens is 4. The molecule has 0 unspecified atom stereocenters. The Hall–Kier alpha value is -3.17. The van der Waals surface area contributed by atoms with Crippen molar-refractivity contribution in [1.29, 1.82) is 0 Å².